The monoisotopic (exact) mass is 409 g/mol. The van der Waals surface area contributed by atoms with E-state index in [1.807, 2.05) is 19.1 Å². The van der Waals surface area contributed by atoms with Gasteiger partial charge >= 0.3 is 5.97 Å². The van der Waals surface area contributed by atoms with Crippen molar-refractivity contribution in [3.8, 4) is 10.6 Å². The molecule has 0 unspecified atom stereocenters. The molecule has 0 atom stereocenters. The lowest BCUT2D eigenvalue weighted by atomic mass is 10.2. The van der Waals surface area contributed by atoms with Crippen LogP contribution in [0.15, 0.2) is 29.6 Å². The molecule has 0 radical (unpaired) electrons. The van der Waals surface area contributed by atoms with E-state index in [4.69, 9.17) is 16.3 Å². The molecule has 27 heavy (non-hydrogen) atoms. The average Bonchev–Trinajstić information content (AvgIpc) is 3.12. The highest BCUT2D eigenvalue weighted by molar-refractivity contribution is 7.13. The molecule has 0 spiro atoms. The van der Waals surface area contributed by atoms with Crippen molar-refractivity contribution in [3.63, 3.8) is 0 Å². The number of hydrogen-bond acceptors (Lipinski definition) is 6. The minimum atomic E-state index is -0.562. The highest BCUT2D eigenvalue weighted by Gasteiger charge is 2.12. The molecule has 1 heterocycles. The predicted octanol–water partition coefficient (Wildman–Crippen LogP) is 2.19. The Morgan fingerprint density at radius 1 is 1.15 bits per heavy atom. The van der Waals surface area contributed by atoms with E-state index in [0.717, 1.165) is 17.0 Å². The lowest BCUT2D eigenvalue weighted by molar-refractivity contribution is -0.148. The molecule has 7 nitrogen and oxygen atoms in total. The summed E-state index contributed by atoms with van der Waals surface area (Å²) in [6, 6.07) is 7.25. The van der Waals surface area contributed by atoms with Gasteiger partial charge in [0.15, 0.2) is 6.61 Å². The van der Waals surface area contributed by atoms with E-state index < -0.39 is 18.5 Å². The van der Waals surface area contributed by atoms with Crippen molar-refractivity contribution < 1.29 is 19.1 Å². The summed E-state index contributed by atoms with van der Waals surface area (Å²) < 4.78 is 4.92. The molecule has 0 saturated carbocycles. The maximum absolute atomic E-state index is 11.9. The molecular weight excluding hydrogens is 390 g/mol. The van der Waals surface area contributed by atoms with Gasteiger partial charge in [-0.3, -0.25) is 14.4 Å². The fourth-order valence-corrected chi connectivity index (χ4v) is 2.97. The number of benzene rings is 1. The maximum atomic E-state index is 11.9. The molecule has 0 aliphatic heterocycles. The van der Waals surface area contributed by atoms with Gasteiger partial charge in [-0.2, -0.15) is 0 Å². The molecule has 1 aromatic carbocycles. The van der Waals surface area contributed by atoms with Crippen molar-refractivity contribution >= 4 is 40.7 Å². The number of nitrogens with zero attached hydrogens (tertiary/aromatic N) is 1. The van der Waals surface area contributed by atoms with E-state index in [0.29, 0.717) is 17.3 Å². The van der Waals surface area contributed by atoms with Gasteiger partial charge in [-0.15, -0.1) is 11.3 Å². The molecule has 0 aliphatic rings. The Hall–Kier alpha value is -2.45. The highest BCUT2D eigenvalue weighted by Crippen LogP contribution is 2.25. The predicted molar refractivity (Wildman–Crippen MR) is 104 cm³/mol. The number of amides is 2. The van der Waals surface area contributed by atoms with Gasteiger partial charge < -0.3 is 15.4 Å². The van der Waals surface area contributed by atoms with Crippen molar-refractivity contribution in [1.82, 2.24) is 15.6 Å². The Bertz CT molecular complexity index is 792. The summed E-state index contributed by atoms with van der Waals surface area (Å²) in [6.07, 6.45) is 0.780. The number of aromatic nitrogens is 1. The topological polar surface area (TPSA) is 97.4 Å². The summed E-state index contributed by atoms with van der Waals surface area (Å²) in [6.45, 7) is 1.90. The van der Waals surface area contributed by atoms with Gasteiger partial charge in [-0.1, -0.05) is 30.7 Å². The van der Waals surface area contributed by atoms with Crippen LogP contribution in [0.3, 0.4) is 0 Å². The highest BCUT2D eigenvalue weighted by atomic mass is 35.5. The molecule has 9 heteroatoms. The van der Waals surface area contributed by atoms with Crippen molar-refractivity contribution in [1.29, 1.82) is 0 Å². The summed E-state index contributed by atoms with van der Waals surface area (Å²) in [5.74, 6) is -1.38. The number of halogens is 1. The van der Waals surface area contributed by atoms with E-state index in [-0.39, 0.29) is 18.9 Å². The number of hydrogen-bond donors (Lipinski definition) is 2. The third kappa shape index (κ3) is 7.36. The minimum Gasteiger partial charge on any atom is -0.455 e. The van der Waals surface area contributed by atoms with Crippen LogP contribution in [-0.2, 0) is 25.5 Å². The Morgan fingerprint density at radius 3 is 2.59 bits per heavy atom. The number of nitrogens with one attached hydrogen (secondary N) is 2. The van der Waals surface area contributed by atoms with E-state index >= 15 is 0 Å². The van der Waals surface area contributed by atoms with Gasteiger partial charge in [0.25, 0.3) is 5.91 Å². The standard InChI is InChI=1S/C18H20ClN3O4S/c1-2-7-20-15(23)9-21-16(24)10-26-17(25)8-14-11-27-18(22-14)12-3-5-13(19)6-4-12/h3-6,11H,2,7-10H2,1H3,(H,20,23)(H,21,24). The van der Waals surface area contributed by atoms with Crippen LogP contribution in [0.1, 0.15) is 19.0 Å². The molecule has 2 rings (SSSR count). The second kappa shape index (κ2) is 10.6. The summed E-state index contributed by atoms with van der Waals surface area (Å²) in [5.41, 5.74) is 1.47. The van der Waals surface area contributed by atoms with E-state index in [2.05, 4.69) is 15.6 Å². The van der Waals surface area contributed by atoms with Crippen LogP contribution < -0.4 is 10.6 Å². The number of rotatable bonds is 9. The molecule has 0 saturated heterocycles. The largest absolute Gasteiger partial charge is 0.455 e. The number of thiazole rings is 1. The third-order valence-corrected chi connectivity index (χ3v) is 4.54. The van der Waals surface area contributed by atoms with Crippen LogP contribution in [0, 0.1) is 0 Å². The quantitative estimate of drug-likeness (QED) is 0.619. The summed E-state index contributed by atoms with van der Waals surface area (Å²) >= 11 is 7.27. The maximum Gasteiger partial charge on any atom is 0.312 e. The van der Waals surface area contributed by atoms with Crippen molar-refractivity contribution in [3.05, 3.63) is 40.4 Å². The van der Waals surface area contributed by atoms with Gasteiger partial charge in [0, 0.05) is 22.5 Å². The molecule has 0 fully saturated rings. The first-order chi connectivity index (χ1) is 13.0. The zero-order valence-electron chi connectivity index (χ0n) is 14.8. The zero-order valence-corrected chi connectivity index (χ0v) is 16.4. The smallest absolute Gasteiger partial charge is 0.312 e. The minimum absolute atomic E-state index is 0.0334. The average molecular weight is 410 g/mol. The van der Waals surface area contributed by atoms with Crippen LogP contribution in [0.4, 0.5) is 0 Å². The number of ether oxygens (including phenoxy) is 1. The van der Waals surface area contributed by atoms with Gasteiger partial charge in [-0.05, 0) is 18.6 Å². The fourth-order valence-electron chi connectivity index (χ4n) is 2.01. The van der Waals surface area contributed by atoms with Crippen molar-refractivity contribution in [2.75, 3.05) is 19.7 Å². The third-order valence-electron chi connectivity index (χ3n) is 3.35. The summed E-state index contributed by atoms with van der Waals surface area (Å²) in [7, 11) is 0. The molecule has 2 N–H and O–H groups in total. The molecule has 1 aromatic heterocycles. The summed E-state index contributed by atoms with van der Waals surface area (Å²) in [5, 5.41) is 8.19. The first kappa shape index (κ1) is 20.9. The van der Waals surface area contributed by atoms with Crippen LogP contribution >= 0.6 is 22.9 Å². The van der Waals surface area contributed by atoms with Crippen molar-refractivity contribution in [2.45, 2.75) is 19.8 Å². The number of esters is 1. The first-order valence-corrected chi connectivity index (χ1v) is 9.63. The Kier molecular flexibility index (Phi) is 8.22. The molecular formula is C18H20ClN3O4S. The Labute approximate surface area is 166 Å². The second-order valence-electron chi connectivity index (χ2n) is 5.62. The number of carbonyl (C=O) groups is 3. The van der Waals surface area contributed by atoms with Crippen molar-refractivity contribution in [2.24, 2.45) is 0 Å². The first-order valence-electron chi connectivity index (χ1n) is 8.37. The lowest BCUT2D eigenvalue weighted by Gasteiger charge is -2.06. The van der Waals surface area contributed by atoms with Gasteiger partial charge in [0.1, 0.15) is 5.01 Å². The van der Waals surface area contributed by atoms with E-state index in [1.54, 1.807) is 17.5 Å². The van der Waals surface area contributed by atoms with Gasteiger partial charge in [0.05, 0.1) is 18.7 Å². The Morgan fingerprint density at radius 2 is 1.89 bits per heavy atom. The SMILES string of the molecule is CCCNC(=O)CNC(=O)COC(=O)Cc1csc(-c2ccc(Cl)cc2)n1. The Balaban J connectivity index is 1.73. The number of carbonyl (C=O) groups excluding carboxylic acids is 3. The van der Waals surface area contributed by atoms with E-state index in [9.17, 15) is 14.4 Å². The van der Waals surface area contributed by atoms with Crippen LogP contribution in [-0.4, -0.2) is 42.5 Å². The fraction of sp³-hybridized carbons (Fsp3) is 0.333. The van der Waals surface area contributed by atoms with Crippen LogP contribution in [0.2, 0.25) is 5.02 Å². The lowest BCUT2D eigenvalue weighted by Crippen LogP contribution is -2.39. The van der Waals surface area contributed by atoms with Gasteiger partial charge in [0.2, 0.25) is 5.91 Å². The van der Waals surface area contributed by atoms with Crippen LogP contribution in [0.25, 0.3) is 10.6 Å². The molecule has 0 aliphatic carbocycles. The van der Waals surface area contributed by atoms with Gasteiger partial charge in [-0.25, -0.2) is 4.98 Å². The second-order valence-corrected chi connectivity index (χ2v) is 6.91. The normalized spacial score (nSPS) is 10.3. The van der Waals surface area contributed by atoms with E-state index in [1.165, 1.54) is 11.3 Å². The molecule has 2 aromatic rings. The molecule has 2 amide bonds. The summed E-state index contributed by atoms with van der Waals surface area (Å²) in [4.78, 5) is 39.2. The molecule has 144 valence electrons. The zero-order chi connectivity index (χ0) is 19.6. The molecule has 0 bridgehead atoms. The van der Waals surface area contributed by atoms with Crippen LogP contribution in [0.5, 0.6) is 0 Å².